The van der Waals surface area contributed by atoms with Gasteiger partial charge >= 0.3 is 0 Å². The third-order valence-corrected chi connectivity index (χ3v) is 6.20. The van der Waals surface area contributed by atoms with Crippen LogP contribution in [0.15, 0.2) is 12.4 Å². The summed E-state index contributed by atoms with van der Waals surface area (Å²) in [6, 6.07) is 0.310. The predicted molar refractivity (Wildman–Crippen MR) is 104 cm³/mol. The van der Waals surface area contributed by atoms with Gasteiger partial charge < -0.3 is 9.80 Å². The molecule has 150 valence electrons. The lowest BCUT2D eigenvalue weighted by atomic mass is 9.85. The number of piperidine rings is 1. The van der Waals surface area contributed by atoms with Gasteiger partial charge in [-0.1, -0.05) is 6.92 Å². The van der Waals surface area contributed by atoms with E-state index in [2.05, 4.69) is 23.1 Å². The summed E-state index contributed by atoms with van der Waals surface area (Å²) in [5.74, 6) is 0.594. The number of nitrogens with zero attached hydrogens (tertiary/aromatic N) is 5. The van der Waals surface area contributed by atoms with Gasteiger partial charge in [0, 0.05) is 58.5 Å². The number of carbonyl (C=O) groups excluding carboxylic acids is 2. The summed E-state index contributed by atoms with van der Waals surface area (Å²) >= 11 is 0. The van der Waals surface area contributed by atoms with Crippen LogP contribution in [0.3, 0.4) is 0 Å². The number of amides is 2. The Morgan fingerprint density at radius 2 is 2.07 bits per heavy atom. The van der Waals surface area contributed by atoms with Crippen molar-refractivity contribution >= 4 is 11.8 Å². The van der Waals surface area contributed by atoms with E-state index in [4.69, 9.17) is 0 Å². The quantitative estimate of drug-likeness (QED) is 0.783. The molecule has 0 bridgehead atoms. The van der Waals surface area contributed by atoms with Crippen molar-refractivity contribution in [3.63, 3.8) is 0 Å². The minimum atomic E-state index is -0.0541. The SMILES string of the molecule is CCN1CCC[C@@H](CN(C)C(=O)[C@@H]2CCN(C(C)=O)C2)[C@@H]1c1cnn(C)c1. The van der Waals surface area contributed by atoms with Crippen molar-refractivity contribution in [3.05, 3.63) is 18.0 Å². The first-order chi connectivity index (χ1) is 12.9. The summed E-state index contributed by atoms with van der Waals surface area (Å²) in [4.78, 5) is 30.7. The summed E-state index contributed by atoms with van der Waals surface area (Å²) in [7, 11) is 3.87. The molecule has 2 fully saturated rings. The fraction of sp³-hybridized carbons (Fsp3) is 0.750. The molecule has 1 aromatic rings. The molecule has 2 aliphatic rings. The van der Waals surface area contributed by atoms with Crippen LogP contribution in [0.5, 0.6) is 0 Å². The maximum Gasteiger partial charge on any atom is 0.227 e. The number of hydrogen-bond acceptors (Lipinski definition) is 4. The van der Waals surface area contributed by atoms with E-state index in [1.165, 1.54) is 12.0 Å². The lowest BCUT2D eigenvalue weighted by Crippen LogP contribution is -2.45. The van der Waals surface area contributed by atoms with Crippen LogP contribution in [0.4, 0.5) is 0 Å². The van der Waals surface area contributed by atoms with Crippen molar-refractivity contribution in [2.45, 2.75) is 39.2 Å². The first kappa shape index (κ1) is 19.9. The summed E-state index contributed by atoms with van der Waals surface area (Å²) in [6.45, 7) is 7.91. The molecule has 2 aliphatic heterocycles. The van der Waals surface area contributed by atoms with Gasteiger partial charge in [-0.05, 0) is 38.3 Å². The van der Waals surface area contributed by atoms with Gasteiger partial charge in [-0.3, -0.25) is 19.2 Å². The van der Waals surface area contributed by atoms with E-state index >= 15 is 0 Å². The Bertz CT molecular complexity index is 673. The third kappa shape index (κ3) is 4.34. The molecular formula is C20H33N5O2. The monoisotopic (exact) mass is 375 g/mol. The number of likely N-dealkylation sites (tertiary alicyclic amines) is 2. The average Bonchev–Trinajstić information content (AvgIpc) is 3.30. The summed E-state index contributed by atoms with van der Waals surface area (Å²) in [6.07, 6.45) is 7.14. The van der Waals surface area contributed by atoms with Gasteiger partial charge in [0.25, 0.3) is 0 Å². The molecule has 0 unspecified atom stereocenters. The molecule has 27 heavy (non-hydrogen) atoms. The van der Waals surface area contributed by atoms with E-state index in [-0.39, 0.29) is 17.7 Å². The zero-order valence-electron chi connectivity index (χ0n) is 17.1. The third-order valence-electron chi connectivity index (χ3n) is 6.20. The Morgan fingerprint density at radius 1 is 1.30 bits per heavy atom. The molecule has 3 rings (SSSR count). The molecule has 0 aromatic carbocycles. The van der Waals surface area contributed by atoms with Crippen LogP contribution < -0.4 is 0 Å². The van der Waals surface area contributed by atoms with Crippen LogP contribution >= 0.6 is 0 Å². The van der Waals surface area contributed by atoms with Gasteiger partial charge in [-0.2, -0.15) is 5.10 Å². The standard InChI is InChI=1S/C20H33N5O2/c1-5-24-9-6-7-16(19(24)18-11-21-23(4)13-18)12-22(3)20(27)17-8-10-25(14-17)15(2)26/h11,13,16-17,19H,5-10,12,14H2,1-4H3/t16-,17+,19+/m0/s1. The molecule has 3 atom stereocenters. The fourth-order valence-electron chi connectivity index (χ4n) is 4.77. The molecule has 7 nitrogen and oxygen atoms in total. The highest BCUT2D eigenvalue weighted by atomic mass is 16.2. The van der Waals surface area contributed by atoms with Crippen LogP contribution in [0.2, 0.25) is 0 Å². The minimum absolute atomic E-state index is 0.0541. The minimum Gasteiger partial charge on any atom is -0.345 e. The van der Waals surface area contributed by atoms with Crippen LogP contribution in [0.1, 0.15) is 44.7 Å². The summed E-state index contributed by atoms with van der Waals surface area (Å²) < 4.78 is 1.86. The van der Waals surface area contributed by atoms with Crippen molar-refractivity contribution in [3.8, 4) is 0 Å². The number of aryl methyl sites for hydroxylation is 1. The van der Waals surface area contributed by atoms with Gasteiger partial charge in [-0.25, -0.2) is 0 Å². The highest BCUT2D eigenvalue weighted by Crippen LogP contribution is 2.36. The Hall–Kier alpha value is -1.89. The van der Waals surface area contributed by atoms with E-state index in [9.17, 15) is 9.59 Å². The summed E-state index contributed by atoms with van der Waals surface area (Å²) in [5, 5.41) is 4.37. The molecule has 0 radical (unpaired) electrons. The first-order valence-electron chi connectivity index (χ1n) is 10.1. The van der Waals surface area contributed by atoms with Gasteiger partial charge in [0.2, 0.25) is 11.8 Å². The van der Waals surface area contributed by atoms with Crippen molar-refractivity contribution in [2.75, 3.05) is 39.8 Å². The average molecular weight is 376 g/mol. The van der Waals surface area contributed by atoms with E-state index in [1.54, 1.807) is 11.8 Å². The zero-order valence-corrected chi connectivity index (χ0v) is 17.1. The topological polar surface area (TPSA) is 61.7 Å². The maximum atomic E-state index is 12.9. The van der Waals surface area contributed by atoms with Crippen molar-refractivity contribution in [1.82, 2.24) is 24.5 Å². The second-order valence-corrected chi connectivity index (χ2v) is 8.09. The number of aromatic nitrogens is 2. The second kappa shape index (κ2) is 8.42. The normalized spacial score (nSPS) is 26.4. The molecule has 2 saturated heterocycles. The molecule has 0 N–H and O–H groups in total. The zero-order chi connectivity index (χ0) is 19.6. The van der Waals surface area contributed by atoms with Gasteiger partial charge in [0.15, 0.2) is 0 Å². The highest BCUT2D eigenvalue weighted by molar-refractivity contribution is 5.81. The number of rotatable bonds is 5. The molecule has 7 heteroatoms. The molecule has 3 heterocycles. The highest BCUT2D eigenvalue weighted by Gasteiger charge is 2.36. The lowest BCUT2D eigenvalue weighted by molar-refractivity contribution is -0.135. The Labute approximate surface area is 162 Å². The van der Waals surface area contributed by atoms with Crippen LogP contribution in [0, 0.1) is 11.8 Å². The molecule has 0 saturated carbocycles. The van der Waals surface area contributed by atoms with Gasteiger partial charge in [0.1, 0.15) is 0 Å². The number of hydrogen-bond donors (Lipinski definition) is 0. The Morgan fingerprint density at radius 3 is 2.67 bits per heavy atom. The first-order valence-corrected chi connectivity index (χ1v) is 10.1. The van der Waals surface area contributed by atoms with E-state index in [0.29, 0.717) is 25.0 Å². The van der Waals surface area contributed by atoms with Crippen LogP contribution in [0.25, 0.3) is 0 Å². The molecular weight excluding hydrogens is 342 g/mol. The largest absolute Gasteiger partial charge is 0.345 e. The maximum absolute atomic E-state index is 12.9. The Kier molecular flexibility index (Phi) is 6.19. The van der Waals surface area contributed by atoms with Gasteiger partial charge in [-0.15, -0.1) is 0 Å². The Balaban J connectivity index is 1.68. The van der Waals surface area contributed by atoms with Crippen molar-refractivity contribution in [2.24, 2.45) is 18.9 Å². The van der Waals surface area contributed by atoms with Crippen LogP contribution in [-0.2, 0) is 16.6 Å². The van der Waals surface area contributed by atoms with E-state index in [1.807, 2.05) is 29.9 Å². The van der Waals surface area contributed by atoms with Crippen molar-refractivity contribution in [1.29, 1.82) is 0 Å². The predicted octanol–water partition coefficient (Wildman–Crippen LogP) is 1.52. The number of carbonyl (C=O) groups is 2. The molecule has 2 amide bonds. The second-order valence-electron chi connectivity index (χ2n) is 8.09. The smallest absolute Gasteiger partial charge is 0.227 e. The summed E-state index contributed by atoms with van der Waals surface area (Å²) in [5.41, 5.74) is 1.24. The van der Waals surface area contributed by atoms with Crippen LogP contribution in [-0.4, -0.2) is 76.1 Å². The van der Waals surface area contributed by atoms with E-state index < -0.39 is 0 Å². The molecule has 0 spiro atoms. The molecule has 1 aromatic heterocycles. The van der Waals surface area contributed by atoms with E-state index in [0.717, 1.165) is 32.5 Å². The molecule has 0 aliphatic carbocycles. The fourth-order valence-corrected chi connectivity index (χ4v) is 4.77. The lowest BCUT2D eigenvalue weighted by Gasteiger charge is -2.42. The van der Waals surface area contributed by atoms with Crippen molar-refractivity contribution < 1.29 is 9.59 Å². The van der Waals surface area contributed by atoms with Gasteiger partial charge in [0.05, 0.1) is 12.1 Å².